The van der Waals surface area contributed by atoms with Gasteiger partial charge >= 0.3 is 11.9 Å². The third-order valence-electron chi connectivity index (χ3n) is 1.68. The number of carbonyl (C=O) groups is 3. The van der Waals surface area contributed by atoms with Crippen molar-refractivity contribution in [1.29, 1.82) is 0 Å². The molecule has 0 saturated heterocycles. The second-order valence-corrected chi connectivity index (χ2v) is 3.73. The molecule has 0 aliphatic heterocycles. The zero-order valence-corrected chi connectivity index (χ0v) is 9.61. The van der Waals surface area contributed by atoms with E-state index < -0.39 is 17.8 Å². The zero-order chi connectivity index (χ0) is 12.8. The molecule has 0 atom stereocenters. The average Bonchev–Trinajstić information content (AvgIpc) is 2.73. The third kappa shape index (κ3) is 3.72. The Morgan fingerprint density at radius 3 is 2.71 bits per heavy atom. The van der Waals surface area contributed by atoms with Gasteiger partial charge in [-0.15, -0.1) is 11.3 Å². The Morgan fingerprint density at radius 2 is 2.12 bits per heavy atom. The SMILES string of the molecule is COC(=O)c1ccsc1NC(=O)C=CC(=O)O. The van der Waals surface area contributed by atoms with Crippen molar-refractivity contribution in [3.63, 3.8) is 0 Å². The van der Waals surface area contributed by atoms with E-state index in [2.05, 4.69) is 10.1 Å². The summed E-state index contributed by atoms with van der Waals surface area (Å²) in [6.07, 6.45) is 1.57. The highest BCUT2D eigenvalue weighted by atomic mass is 32.1. The minimum Gasteiger partial charge on any atom is -0.478 e. The summed E-state index contributed by atoms with van der Waals surface area (Å²) >= 11 is 1.14. The van der Waals surface area contributed by atoms with E-state index in [1.807, 2.05) is 0 Å². The van der Waals surface area contributed by atoms with Crippen LogP contribution in [0.3, 0.4) is 0 Å². The molecular weight excluding hydrogens is 246 g/mol. The van der Waals surface area contributed by atoms with Gasteiger partial charge in [0.05, 0.1) is 12.7 Å². The molecule has 0 radical (unpaired) electrons. The van der Waals surface area contributed by atoms with Gasteiger partial charge < -0.3 is 15.2 Å². The maximum Gasteiger partial charge on any atom is 0.340 e. The second-order valence-electron chi connectivity index (χ2n) is 2.82. The van der Waals surface area contributed by atoms with Crippen LogP contribution < -0.4 is 5.32 Å². The molecule has 2 N–H and O–H groups in total. The zero-order valence-electron chi connectivity index (χ0n) is 8.80. The van der Waals surface area contributed by atoms with E-state index >= 15 is 0 Å². The van der Waals surface area contributed by atoms with Gasteiger partial charge in [0.2, 0.25) is 5.91 Å². The second kappa shape index (κ2) is 5.80. The molecule has 0 bridgehead atoms. The van der Waals surface area contributed by atoms with E-state index in [9.17, 15) is 14.4 Å². The molecule has 7 heteroatoms. The minimum absolute atomic E-state index is 0.231. The predicted octanol–water partition coefficient (Wildman–Crippen LogP) is 1.11. The molecule has 0 aliphatic rings. The molecule has 0 aromatic carbocycles. The minimum atomic E-state index is -1.22. The fourth-order valence-corrected chi connectivity index (χ4v) is 1.76. The molecule has 1 aromatic rings. The van der Waals surface area contributed by atoms with Crippen molar-refractivity contribution in [2.45, 2.75) is 0 Å². The van der Waals surface area contributed by atoms with E-state index in [4.69, 9.17) is 5.11 Å². The summed E-state index contributed by atoms with van der Waals surface area (Å²) in [5.74, 6) is -2.41. The number of carboxylic acids is 1. The summed E-state index contributed by atoms with van der Waals surface area (Å²) in [5.41, 5.74) is 0.231. The van der Waals surface area contributed by atoms with Crippen LogP contribution in [0.2, 0.25) is 0 Å². The standard InChI is InChI=1S/C10H9NO5S/c1-16-10(15)6-4-5-17-9(6)11-7(12)2-3-8(13)14/h2-5H,1H3,(H,11,12)(H,13,14). The molecule has 90 valence electrons. The van der Waals surface area contributed by atoms with Crippen LogP contribution in [0.25, 0.3) is 0 Å². The Kier molecular flexibility index (Phi) is 4.41. The van der Waals surface area contributed by atoms with Gasteiger partial charge in [-0.1, -0.05) is 0 Å². The van der Waals surface area contributed by atoms with Crippen LogP contribution in [0.5, 0.6) is 0 Å². The number of thiophene rings is 1. The average molecular weight is 255 g/mol. The van der Waals surface area contributed by atoms with Crippen LogP contribution >= 0.6 is 11.3 Å². The molecule has 0 spiro atoms. The van der Waals surface area contributed by atoms with Crippen molar-refractivity contribution in [2.75, 3.05) is 12.4 Å². The molecule has 17 heavy (non-hydrogen) atoms. The van der Waals surface area contributed by atoms with Crippen molar-refractivity contribution >= 4 is 34.2 Å². The molecule has 0 aliphatic carbocycles. The highest BCUT2D eigenvalue weighted by Crippen LogP contribution is 2.23. The number of nitrogens with one attached hydrogen (secondary N) is 1. The number of rotatable bonds is 4. The topological polar surface area (TPSA) is 92.7 Å². The molecule has 6 nitrogen and oxygen atoms in total. The first-order chi connectivity index (χ1) is 8.04. The van der Waals surface area contributed by atoms with Crippen LogP contribution in [0.1, 0.15) is 10.4 Å². The summed E-state index contributed by atoms with van der Waals surface area (Å²) in [6, 6.07) is 1.51. The predicted molar refractivity (Wildman–Crippen MR) is 61.1 cm³/mol. The van der Waals surface area contributed by atoms with E-state index in [0.717, 1.165) is 17.4 Å². The van der Waals surface area contributed by atoms with Gasteiger partial charge in [0.15, 0.2) is 0 Å². The maximum atomic E-state index is 11.3. The number of ether oxygens (including phenoxy) is 1. The lowest BCUT2D eigenvalue weighted by molar-refractivity contribution is -0.131. The lowest BCUT2D eigenvalue weighted by Gasteiger charge is -2.01. The third-order valence-corrected chi connectivity index (χ3v) is 2.51. The van der Waals surface area contributed by atoms with Gasteiger partial charge in [-0.2, -0.15) is 0 Å². The summed E-state index contributed by atoms with van der Waals surface area (Å²) in [7, 11) is 1.23. The number of carboxylic acid groups (broad SMARTS) is 1. The maximum absolute atomic E-state index is 11.3. The van der Waals surface area contributed by atoms with Crippen molar-refractivity contribution in [1.82, 2.24) is 0 Å². The smallest absolute Gasteiger partial charge is 0.340 e. The Hall–Kier alpha value is -2.15. The van der Waals surface area contributed by atoms with Gasteiger partial charge in [-0.25, -0.2) is 9.59 Å². The van der Waals surface area contributed by atoms with Crippen molar-refractivity contribution in [3.05, 3.63) is 29.2 Å². The number of amides is 1. The molecule has 1 aromatic heterocycles. The number of aliphatic carboxylic acids is 1. The molecule has 0 fully saturated rings. The molecule has 1 amide bonds. The van der Waals surface area contributed by atoms with E-state index in [0.29, 0.717) is 11.1 Å². The van der Waals surface area contributed by atoms with Crippen LogP contribution in [0.4, 0.5) is 5.00 Å². The van der Waals surface area contributed by atoms with Crippen LogP contribution in [-0.2, 0) is 14.3 Å². The first-order valence-corrected chi connectivity index (χ1v) is 5.30. The lowest BCUT2D eigenvalue weighted by Crippen LogP contribution is -2.11. The summed E-state index contributed by atoms with van der Waals surface area (Å²) in [5, 5.41) is 12.7. The van der Waals surface area contributed by atoms with E-state index in [1.165, 1.54) is 13.2 Å². The molecule has 1 heterocycles. The molecule has 0 unspecified atom stereocenters. The largest absolute Gasteiger partial charge is 0.478 e. The normalized spacial score (nSPS) is 10.2. The molecule has 1 rings (SSSR count). The highest BCUT2D eigenvalue weighted by Gasteiger charge is 2.14. The van der Waals surface area contributed by atoms with Gasteiger partial charge in [0.25, 0.3) is 0 Å². The Morgan fingerprint density at radius 1 is 1.41 bits per heavy atom. The van der Waals surface area contributed by atoms with Gasteiger partial charge in [-0.05, 0) is 11.4 Å². The quantitative estimate of drug-likeness (QED) is 0.621. The fraction of sp³-hybridized carbons (Fsp3) is 0.100. The number of esters is 1. The number of anilines is 1. The van der Waals surface area contributed by atoms with Crippen molar-refractivity contribution in [3.8, 4) is 0 Å². The molecular formula is C10H9NO5S. The number of carbonyl (C=O) groups excluding carboxylic acids is 2. The summed E-state index contributed by atoms with van der Waals surface area (Å²) in [4.78, 5) is 32.7. The van der Waals surface area contributed by atoms with E-state index in [1.54, 1.807) is 5.38 Å². The highest BCUT2D eigenvalue weighted by molar-refractivity contribution is 7.14. The Bertz CT molecular complexity index is 477. The first kappa shape index (κ1) is 12.9. The first-order valence-electron chi connectivity index (χ1n) is 4.42. The lowest BCUT2D eigenvalue weighted by atomic mass is 10.3. The van der Waals surface area contributed by atoms with Gasteiger partial charge in [0.1, 0.15) is 5.00 Å². The summed E-state index contributed by atoms with van der Waals surface area (Å²) < 4.78 is 4.52. The van der Waals surface area contributed by atoms with Crippen LogP contribution in [0.15, 0.2) is 23.6 Å². The van der Waals surface area contributed by atoms with Gasteiger partial charge in [0, 0.05) is 12.2 Å². The molecule has 0 saturated carbocycles. The van der Waals surface area contributed by atoms with Crippen LogP contribution in [0, 0.1) is 0 Å². The Labute approximate surface area is 101 Å². The summed E-state index contributed by atoms with van der Waals surface area (Å²) in [6.45, 7) is 0. The number of methoxy groups -OCH3 is 1. The fourth-order valence-electron chi connectivity index (χ4n) is 0.977. The Balaban J connectivity index is 2.75. The van der Waals surface area contributed by atoms with Crippen molar-refractivity contribution in [2.24, 2.45) is 0 Å². The monoisotopic (exact) mass is 255 g/mol. The van der Waals surface area contributed by atoms with Crippen molar-refractivity contribution < 1.29 is 24.2 Å². The van der Waals surface area contributed by atoms with Gasteiger partial charge in [-0.3, -0.25) is 4.79 Å². The number of hydrogen-bond donors (Lipinski definition) is 2. The van der Waals surface area contributed by atoms with E-state index in [-0.39, 0.29) is 5.56 Å². The van der Waals surface area contributed by atoms with Crippen LogP contribution in [-0.4, -0.2) is 30.1 Å². The number of hydrogen-bond acceptors (Lipinski definition) is 5.